The van der Waals surface area contributed by atoms with Crippen molar-refractivity contribution in [1.29, 1.82) is 0 Å². The largest absolute Gasteiger partial charge is 0.419 e. The molecule has 0 aromatic heterocycles. The van der Waals surface area contributed by atoms with Crippen LogP contribution in [0.3, 0.4) is 0 Å². The molecule has 1 saturated heterocycles. The zero-order chi connectivity index (χ0) is 22.3. The third-order valence-electron chi connectivity index (χ3n) is 5.86. The lowest BCUT2D eigenvalue weighted by atomic mass is 10.0. The number of rotatable bonds is 3. The number of ether oxygens (including phenoxy) is 1. The van der Waals surface area contributed by atoms with Crippen LogP contribution in [0.1, 0.15) is 39.9 Å². The Hall–Kier alpha value is -3.68. The van der Waals surface area contributed by atoms with Crippen molar-refractivity contribution in [2.75, 3.05) is 11.9 Å². The van der Waals surface area contributed by atoms with Crippen LogP contribution in [0.15, 0.2) is 36.4 Å². The van der Waals surface area contributed by atoms with Gasteiger partial charge < -0.3 is 9.64 Å². The summed E-state index contributed by atoms with van der Waals surface area (Å²) in [6.45, 7) is 4.24. The number of piperidine rings is 1. The third kappa shape index (κ3) is 3.88. The molecule has 1 unspecified atom stereocenters. The van der Waals surface area contributed by atoms with Gasteiger partial charge in [0, 0.05) is 31.3 Å². The predicted octanol–water partition coefficient (Wildman–Crippen LogP) is 2.70. The van der Waals surface area contributed by atoms with Crippen LogP contribution in [-0.4, -0.2) is 41.8 Å². The van der Waals surface area contributed by atoms with Gasteiger partial charge in [0.25, 0.3) is 5.91 Å². The van der Waals surface area contributed by atoms with Crippen LogP contribution < -0.4 is 15.0 Å². The summed E-state index contributed by atoms with van der Waals surface area (Å²) < 4.78 is 5.48. The highest BCUT2D eigenvalue weighted by molar-refractivity contribution is 6.05. The molecule has 4 amide bonds. The van der Waals surface area contributed by atoms with Gasteiger partial charge >= 0.3 is 6.09 Å². The average Bonchev–Trinajstić information content (AvgIpc) is 3.05. The third-order valence-corrected chi connectivity index (χ3v) is 5.86. The number of hydrogen-bond acceptors (Lipinski definition) is 5. The summed E-state index contributed by atoms with van der Waals surface area (Å²) in [6.07, 6.45) is -0.0762. The van der Waals surface area contributed by atoms with Crippen LogP contribution in [0.4, 0.5) is 10.5 Å². The van der Waals surface area contributed by atoms with Crippen LogP contribution in [0.5, 0.6) is 5.75 Å². The zero-order valence-electron chi connectivity index (χ0n) is 17.6. The normalized spacial score (nSPS) is 18.0. The Morgan fingerprint density at radius 1 is 1.10 bits per heavy atom. The van der Waals surface area contributed by atoms with Crippen molar-refractivity contribution in [2.24, 2.45) is 0 Å². The Morgan fingerprint density at radius 3 is 2.58 bits per heavy atom. The van der Waals surface area contributed by atoms with E-state index in [0.29, 0.717) is 17.7 Å². The summed E-state index contributed by atoms with van der Waals surface area (Å²) in [4.78, 5) is 51.9. The summed E-state index contributed by atoms with van der Waals surface area (Å²) in [5.74, 6) is -0.852. The van der Waals surface area contributed by atoms with Crippen molar-refractivity contribution in [3.8, 4) is 5.75 Å². The van der Waals surface area contributed by atoms with Gasteiger partial charge in [-0.1, -0.05) is 12.1 Å². The van der Waals surface area contributed by atoms with Gasteiger partial charge in [-0.3, -0.25) is 24.6 Å². The first-order chi connectivity index (χ1) is 14.7. The Bertz CT molecular complexity index is 1110. The molecule has 160 valence electrons. The molecule has 31 heavy (non-hydrogen) atoms. The highest BCUT2D eigenvalue weighted by Gasteiger charge is 2.39. The van der Waals surface area contributed by atoms with E-state index in [-0.39, 0.29) is 30.5 Å². The maximum atomic E-state index is 12.9. The molecule has 2 aromatic carbocycles. The van der Waals surface area contributed by atoms with Gasteiger partial charge in [-0.2, -0.15) is 0 Å². The van der Waals surface area contributed by atoms with Crippen LogP contribution >= 0.6 is 0 Å². The second-order valence-corrected chi connectivity index (χ2v) is 7.91. The molecule has 2 aromatic rings. The first-order valence-corrected chi connectivity index (χ1v) is 10.0. The fourth-order valence-corrected chi connectivity index (χ4v) is 3.81. The van der Waals surface area contributed by atoms with E-state index in [1.807, 2.05) is 32.0 Å². The summed E-state index contributed by atoms with van der Waals surface area (Å²) in [5, 5.41) is 2.28. The number of amides is 4. The molecule has 8 heteroatoms. The number of benzene rings is 2. The number of nitrogens with one attached hydrogen (secondary N) is 1. The Balaban J connectivity index is 1.48. The van der Waals surface area contributed by atoms with Gasteiger partial charge in [0.05, 0.1) is 0 Å². The van der Waals surface area contributed by atoms with E-state index in [4.69, 9.17) is 4.74 Å². The van der Waals surface area contributed by atoms with E-state index in [0.717, 1.165) is 16.7 Å². The minimum atomic E-state index is -0.681. The molecule has 2 aliphatic heterocycles. The van der Waals surface area contributed by atoms with E-state index in [9.17, 15) is 19.2 Å². The van der Waals surface area contributed by atoms with Gasteiger partial charge in [0.1, 0.15) is 11.8 Å². The number of imide groups is 1. The number of carbonyl (C=O) groups excluding carboxylic acids is 4. The maximum absolute atomic E-state index is 12.9. The maximum Gasteiger partial charge on any atom is 0.419 e. The van der Waals surface area contributed by atoms with E-state index >= 15 is 0 Å². The second-order valence-electron chi connectivity index (χ2n) is 7.91. The van der Waals surface area contributed by atoms with Gasteiger partial charge in [0.15, 0.2) is 0 Å². The first-order valence-electron chi connectivity index (χ1n) is 10.0. The smallest absolute Gasteiger partial charge is 0.410 e. The summed E-state index contributed by atoms with van der Waals surface area (Å²) in [7, 11) is 1.62. The second kappa shape index (κ2) is 7.86. The van der Waals surface area contributed by atoms with Crippen molar-refractivity contribution < 1.29 is 23.9 Å². The zero-order valence-corrected chi connectivity index (χ0v) is 17.6. The molecule has 1 fully saturated rings. The van der Waals surface area contributed by atoms with Crippen LogP contribution in [0, 0.1) is 13.8 Å². The standard InChI is InChI=1S/C23H23N3O5/c1-13-4-6-16(10-14(13)2)25(3)23(30)31-17-7-5-15-12-26(22(29)18(15)11-17)19-8-9-20(27)24-21(19)28/h4-7,10-11,19H,8-9,12H2,1-3H3,(H,24,27,28). The average molecular weight is 421 g/mol. The molecule has 0 aliphatic carbocycles. The molecule has 1 atom stereocenters. The number of hydrogen-bond donors (Lipinski definition) is 1. The lowest BCUT2D eigenvalue weighted by Gasteiger charge is -2.29. The molecular formula is C23H23N3O5. The Labute approximate surface area is 179 Å². The molecule has 0 spiro atoms. The molecule has 2 aliphatic rings. The summed E-state index contributed by atoms with van der Waals surface area (Å²) >= 11 is 0. The minimum Gasteiger partial charge on any atom is -0.410 e. The van der Waals surface area contributed by atoms with Crippen LogP contribution in [-0.2, 0) is 16.1 Å². The molecule has 2 heterocycles. The molecule has 0 bridgehead atoms. The fourth-order valence-electron chi connectivity index (χ4n) is 3.81. The van der Waals surface area contributed by atoms with E-state index in [1.54, 1.807) is 19.2 Å². The fraction of sp³-hybridized carbons (Fsp3) is 0.304. The highest BCUT2D eigenvalue weighted by atomic mass is 16.6. The topological polar surface area (TPSA) is 96.0 Å². The van der Waals surface area contributed by atoms with Gasteiger partial charge in [-0.25, -0.2) is 4.79 Å². The molecule has 1 N–H and O–H groups in total. The molecule has 0 saturated carbocycles. The number of fused-ring (bicyclic) bond motifs is 1. The Morgan fingerprint density at radius 2 is 1.87 bits per heavy atom. The van der Waals surface area contributed by atoms with Crippen molar-refractivity contribution in [3.05, 3.63) is 58.7 Å². The van der Waals surface area contributed by atoms with Crippen LogP contribution in [0.25, 0.3) is 0 Å². The molecular weight excluding hydrogens is 398 g/mol. The molecule has 4 rings (SSSR count). The van der Waals surface area contributed by atoms with Gasteiger partial charge in [-0.15, -0.1) is 0 Å². The van der Waals surface area contributed by atoms with Gasteiger partial charge in [-0.05, 0) is 61.2 Å². The van der Waals surface area contributed by atoms with Gasteiger partial charge in [0.2, 0.25) is 11.8 Å². The van der Waals surface area contributed by atoms with Crippen molar-refractivity contribution in [3.63, 3.8) is 0 Å². The monoisotopic (exact) mass is 421 g/mol. The lowest BCUT2D eigenvalue weighted by molar-refractivity contribution is -0.136. The predicted molar refractivity (Wildman–Crippen MR) is 113 cm³/mol. The first kappa shape index (κ1) is 20.6. The summed E-state index contributed by atoms with van der Waals surface area (Å²) in [6, 6.07) is 9.87. The number of anilines is 1. The Kier molecular flexibility index (Phi) is 5.22. The van der Waals surface area contributed by atoms with Crippen LogP contribution in [0.2, 0.25) is 0 Å². The van der Waals surface area contributed by atoms with E-state index in [1.165, 1.54) is 15.9 Å². The lowest BCUT2D eigenvalue weighted by Crippen LogP contribution is -2.52. The van der Waals surface area contributed by atoms with E-state index in [2.05, 4.69) is 5.32 Å². The molecule has 0 radical (unpaired) electrons. The number of carbonyl (C=O) groups is 4. The number of nitrogens with zero attached hydrogens (tertiary/aromatic N) is 2. The SMILES string of the molecule is Cc1ccc(N(C)C(=O)Oc2ccc3c(c2)C(=O)N(C2CCC(=O)NC2=O)C3)cc1C. The minimum absolute atomic E-state index is 0.199. The highest BCUT2D eigenvalue weighted by Crippen LogP contribution is 2.30. The summed E-state index contributed by atoms with van der Waals surface area (Å²) in [5.41, 5.74) is 4.03. The van der Waals surface area contributed by atoms with E-state index < -0.39 is 18.0 Å². The molecule has 8 nitrogen and oxygen atoms in total. The van der Waals surface area contributed by atoms with Crippen molar-refractivity contribution in [2.45, 2.75) is 39.3 Å². The van der Waals surface area contributed by atoms with Crippen molar-refractivity contribution in [1.82, 2.24) is 10.2 Å². The number of aryl methyl sites for hydroxylation is 2. The quantitative estimate of drug-likeness (QED) is 0.769. The van der Waals surface area contributed by atoms with Crippen molar-refractivity contribution >= 4 is 29.5 Å².